The summed E-state index contributed by atoms with van der Waals surface area (Å²) < 4.78 is 6.43. The summed E-state index contributed by atoms with van der Waals surface area (Å²) in [5.74, 6) is 1.32. The number of fused-ring (bicyclic) bond motifs is 1. The molecule has 0 amide bonds. The van der Waals surface area contributed by atoms with Gasteiger partial charge in [-0.3, -0.25) is 0 Å². The van der Waals surface area contributed by atoms with Gasteiger partial charge in [-0.1, -0.05) is 42.8 Å². The molecule has 3 heteroatoms. The van der Waals surface area contributed by atoms with E-state index in [9.17, 15) is 10.2 Å². The van der Waals surface area contributed by atoms with Gasteiger partial charge in [0.15, 0.2) is 0 Å². The van der Waals surface area contributed by atoms with Crippen LogP contribution in [-0.4, -0.2) is 10.2 Å². The van der Waals surface area contributed by atoms with E-state index in [0.29, 0.717) is 0 Å². The van der Waals surface area contributed by atoms with Gasteiger partial charge in [-0.25, -0.2) is 0 Å². The first-order valence-electron chi connectivity index (χ1n) is 9.16. The summed E-state index contributed by atoms with van der Waals surface area (Å²) in [6, 6.07) is 20.7. The van der Waals surface area contributed by atoms with Crippen molar-refractivity contribution in [2.24, 2.45) is 0 Å². The van der Waals surface area contributed by atoms with Crippen LogP contribution < -0.4 is 4.74 Å². The van der Waals surface area contributed by atoms with Gasteiger partial charge in [-0.05, 0) is 66.4 Å². The van der Waals surface area contributed by atoms with Crippen molar-refractivity contribution < 1.29 is 14.9 Å². The molecular weight excluding hydrogens is 336 g/mol. The van der Waals surface area contributed by atoms with Crippen molar-refractivity contribution in [2.75, 3.05) is 0 Å². The molecule has 2 N–H and O–H groups in total. The van der Waals surface area contributed by atoms with E-state index in [2.05, 4.69) is 26.0 Å². The fraction of sp³-hybridized carbons (Fsp3) is 0.167. The smallest absolute Gasteiger partial charge is 0.150 e. The van der Waals surface area contributed by atoms with Crippen molar-refractivity contribution >= 4 is 11.1 Å². The molecular formula is C24H22O3. The number of aromatic hydroxyl groups is 2. The van der Waals surface area contributed by atoms with Gasteiger partial charge in [-0.2, -0.15) is 0 Å². The van der Waals surface area contributed by atoms with E-state index in [1.54, 1.807) is 24.3 Å². The summed E-state index contributed by atoms with van der Waals surface area (Å²) >= 11 is 0. The molecule has 0 aliphatic carbocycles. The normalized spacial score (nSPS) is 16.0. The lowest BCUT2D eigenvalue weighted by Gasteiger charge is -2.32. The van der Waals surface area contributed by atoms with Crippen molar-refractivity contribution in [2.45, 2.75) is 26.4 Å². The Labute approximate surface area is 159 Å². The highest BCUT2D eigenvalue weighted by Gasteiger charge is 2.30. The molecule has 0 fully saturated rings. The van der Waals surface area contributed by atoms with Gasteiger partial charge in [0.25, 0.3) is 0 Å². The predicted molar refractivity (Wildman–Crippen MR) is 108 cm³/mol. The van der Waals surface area contributed by atoms with Crippen molar-refractivity contribution in [3.05, 3.63) is 89.0 Å². The van der Waals surface area contributed by atoms with Gasteiger partial charge < -0.3 is 14.9 Å². The Morgan fingerprint density at radius 1 is 0.889 bits per heavy atom. The van der Waals surface area contributed by atoms with Crippen LogP contribution in [0.5, 0.6) is 17.2 Å². The highest BCUT2D eigenvalue weighted by Crippen LogP contribution is 2.48. The third-order valence-electron chi connectivity index (χ3n) is 5.00. The number of benzene rings is 3. The van der Waals surface area contributed by atoms with Crippen LogP contribution in [0.4, 0.5) is 0 Å². The van der Waals surface area contributed by atoms with E-state index >= 15 is 0 Å². The molecule has 0 saturated heterocycles. The van der Waals surface area contributed by atoms with Crippen LogP contribution in [0.1, 0.15) is 41.7 Å². The molecule has 1 aliphatic rings. The summed E-state index contributed by atoms with van der Waals surface area (Å²) in [6.45, 7) is 4.22. The highest BCUT2D eigenvalue weighted by atomic mass is 16.5. The molecule has 27 heavy (non-hydrogen) atoms. The summed E-state index contributed by atoms with van der Waals surface area (Å²) in [4.78, 5) is 0. The average Bonchev–Trinajstić information content (AvgIpc) is 2.67. The Balaban J connectivity index is 1.98. The maximum absolute atomic E-state index is 10.0. The van der Waals surface area contributed by atoms with E-state index in [0.717, 1.165) is 34.4 Å². The number of phenols is 2. The summed E-state index contributed by atoms with van der Waals surface area (Å²) in [7, 11) is 0. The largest absolute Gasteiger partial charge is 0.508 e. The van der Waals surface area contributed by atoms with Crippen molar-refractivity contribution in [3.8, 4) is 17.2 Å². The number of phenolic OH excluding ortho intramolecular Hbond substituents is 2. The average molecular weight is 358 g/mol. The third-order valence-corrected chi connectivity index (χ3v) is 5.00. The zero-order chi connectivity index (χ0) is 19.0. The Hall–Kier alpha value is -3.20. The lowest BCUT2D eigenvalue weighted by Crippen LogP contribution is -2.17. The number of hydrogen-bond acceptors (Lipinski definition) is 3. The summed E-state index contributed by atoms with van der Waals surface area (Å²) in [5.41, 5.74) is 6.45. The van der Waals surface area contributed by atoms with Gasteiger partial charge >= 0.3 is 0 Å². The highest BCUT2D eigenvalue weighted by molar-refractivity contribution is 5.96. The monoisotopic (exact) mass is 358 g/mol. The van der Waals surface area contributed by atoms with Crippen LogP contribution in [-0.2, 0) is 0 Å². The van der Waals surface area contributed by atoms with Gasteiger partial charge in [0, 0.05) is 11.1 Å². The van der Waals surface area contributed by atoms with E-state index < -0.39 is 0 Å². The Bertz CT molecular complexity index is 1020. The molecule has 1 atom stereocenters. The second-order valence-corrected chi connectivity index (χ2v) is 6.89. The molecule has 3 nitrogen and oxygen atoms in total. The third kappa shape index (κ3) is 3.17. The second-order valence-electron chi connectivity index (χ2n) is 6.89. The van der Waals surface area contributed by atoms with E-state index in [-0.39, 0.29) is 17.6 Å². The first-order chi connectivity index (χ1) is 13.1. The first kappa shape index (κ1) is 17.2. The molecule has 1 heterocycles. The van der Waals surface area contributed by atoms with Gasteiger partial charge in [0.1, 0.15) is 23.4 Å². The number of allylic oxidation sites excluding steroid dienone is 1. The van der Waals surface area contributed by atoms with Crippen LogP contribution in [0.15, 0.2) is 66.7 Å². The zero-order valence-corrected chi connectivity index (χ0v) is 15.4. The van der Waals surface area contributed by atoms with Crippen LogP contribution in [0.25, 0.3) is 11.1 Å². The quantitative estimate of drug-likeness (QED) is 0.616. The molecule has 136 valence electrons. The molecule has 0 saturated carbocycles. The Morgan fingerprint density at radius 2 is 1.67 bits per heavy atom. The Morgan fingerprint density at radius 3 is 2.37 bits per heavy atom. The van der Waals surface area contributed by atoms with Crippen molar-refractivity contribution in [1.29, 1.82) is 0 Å². The van der Waals surface area contributed by atoms with Crippen molar-refractivity contribution in [1.82, 2.24) is 0 Å². The summed E-state index contributed by atoms with van der Waals surface area (Å²) in [6.07, 6.45) is 0.539. The molecule has 4 rings (SSSR count). The molecule has 0 aromatic heterocycles. The summed E-state index contributed by atoms with van der Waals surface area (Å²) in [5, 5.41) is 19.7. The molecule has 0 spiro atoms. The molecule has 1 aliphatic heterocycles. The number of ether oxygens (including phenoxy) is 1. The lowest BCUT2D eigenvalue weighted by molar-refractivity contribution is 0.259. The molecule has 3 aromatic rings. The van der Waals surface area contributed by atoms with Gasteiger partial charge in [-0.15, -0.1) is 0 Å². The molecule has 0 bridgehead atoms. The minimum atomic E-state index is -0.308. The second kappa shape index (κ2) is 6.84. The van der Waals surface area contributed by atoms with Gasteiger partial charge in [0.05, 0.1) is 0 Å². The topological polar surface area (TPSA) is 49.7 Å². The SMILES string of the molecule is CCC1=C(c2cccc(O)c2)C(c2ccc(O)cc2)Oc2ccc(C)cc21. The van der Waals surface area contributed by atoms with Gasteiger partial charge in [0.2, 0.25) is 0 Å². The fourth-order valence-electron chi connectivity index (χ4n) is 3.74. The number of rotatable bonds is 3. The van der Waals surface area contributed by atoms with Crippen molar-refractivity contribution in [3.63, 3.8) is 0 Å². The maximum atomic E-state index is 10.0. The predicted octanol–water partition coefficient (Wildman–Crippen LogP) is 5.86. The number of hydrogen-bond donors (Lipinski definition) is 2. The minimum absolute atomic E-state index is 0.226. The van der Waals surface area contributed by atoms with E-state index in [4.69, 9.17) is 4.74 Å². The molecule has 1 unspecified atom stereocenters. The maximum Gasteiger partial charge on any atom is 0.150 e. The Kier molecular flexibility index (Phi) is 4.36. The standard InChI is InChI=1S/C24H22O3/c1-3-20-21-13-15(2)7-12-22(21)27-24(16-8-10-18(25)11-9-16)23(20)17-5-4-6-19(26)14-17/h4-14,24-26H,3H2,1-2H3. The fourth-order valence-corrected chi connectivity index (χ4v) is 3.74. The van der Waals surface area contributed by atoms with E-state index in [1.807, 2.05) is 30.3 Å². The lowest BCUT2D eigenvalue weighted by atomic mass is 9.84. The zero-order valence-electron chi connectivity index (χ0n) is 15.4. The minimum Gasteiger partial charge on any atom is -0.508 e. The van der Waals surface area contributed by atoms with Crippen LogP contribution >= 0.6 is 0 Å². The molecule has 3 aromatic carbocycles. The van der Waals surface area contributed by atoms with Crippen LogP contribution in [0, 0.1) is 6.92 Å². The first-order valence-corrected chi connectivity index (χ1v) is 9.16. The van der Waals surface area contributed by atoms with Crippen LogP contribution in [0.2, 0.25) is 0 Å². The molecule has 0 radical (unpaired) electrons. The van der Waals surface area contributed by atoms with E-state index in [1.165, 1.54) is 11.1 Å². The number of aryl methyl sites for hydroxylation is 1. The van der Waals surface area contributed by atoms with Crippen LogP contribution in [0.3, 0.4) is 0 Å².